The van der Waals surface area contributed by atoms with Crippen LogP contribution in [0.25, 0.3) is 0 Å². The van der Waals surface area contributed by atoms with Gasteiger partial charge in [-0.15, -0.1) is 0 Å². The Morgan fingerprint density at radius 1 is 1.26 bits per heavy atom. The molecule has 0 radical (unpaired) electrons. The van der Waals surface area contributed by atoms with Crippen molar-refractivity contribution in [1.82, 2.24) is 10.7 Å². The minimum Gasteiger partial charge on any atom is -0.351 e. The molecule has 0 aromatic heterocycles. The van der Waals surface area contributed by atoms with E-state index in [2.05, 4.69) is 15.8 Å². The molecule has 7 nitrogen and oxygen atoms in total. The van der Waals surface area contributed by atoms with Gasteiger partial charge in [0.2, 0.25) is 11.8 Å². The van der Waals surface area contributed by atoms with Crippen LogP contribution in [0.5, 0.6) is 0 Å². The fourth-order valence-corrected chi connectivity index (χ4v) is 2.75. The summed E-state index contributed by atoms with van der Waals surface area (Å²) in [5, 5.41) is 6.56. The molecule has 7 heteroatoms. The smallest absolute Gasteiger partial charge is 0.267 e. The Morgan fingerprint density at radius 3 is 2.74 bits per heavy atom. The van der Waals surface area contributed by atoms with Crippen LogP contribution < -0.4 is 15.6 Å². The summed E-state index contributed by atoms with van der Waals surface area (Å²) >= 11 is 0. The number of benzene rings is 1. The van der Waals surface area contributed by atoms with Crippen LogP contribution in [-0.2, 0) is 14.4 Å². The molecule has 3 rings (SSSR count). The Balaban J connectivity index is 1.53. The second-order valence-corrected chi connectivity index (χ2v) is 5.71. The summed E-state index contributed by atoms with van der Waals surface area (Å²) in [4.78, 5) is 36.9. The summed E-state index contributed by atoms with van der Waals surface area (Å²) in [6, 6.07) is 9.50. The van der Waals surface area contributed by atoms with Crippen LogP contribution in [0.4, 0.5) is 5.69 Å². The van der Waals surface area contributed by atoms with Crippen molar-refractivity contribution < 1.29 is 14.4 Å². The molecule has 1 unspecified atom stereocenters. The van der Waals surface area contributed by atoms with Gasteiger partial charge in [0.05, 0.1) is 0 Å². The highest BCUT2D eigenvalue weighted by Gasteiger charge is 2.31. The first-order valence-electron chi connectivity index (χ1n) is 7.62. The molecule has 0 spiro atoms. The molecule has 2 N–H and O–H groups in total. The highest BCUT2D eigenvalue weighted by Crippen LogP contribution is 2.24. The third-order valence-electron chi connectivity index (χ3n) is 3.99. The first-order valence-corrected chi connectivity index (χ1v) is 7.62. The molecule has 3 amide bonds. The third kappa shape index (κ3) is 3.56. The zero-order valence-corrected chi connectivity index (χ0v) is 12.6. The lowest BCUT2D eigenvalue weighted by Crippen LogP contribution is -2.39. The molecule has 2 aliphatic rings. The fraction of sp³-hybridized carbons (Fsp3) is 0.375. The van der Waals surface area contributed by atoms with E-state index in [1.165, 1.54) is 0 Å². The number of amides is 3. The monoisotopic (exact) mass is 314 g/mol. The lowest BCUT2D eigenvalue weighted by molar-refractivity contribution is -0.121. The Bertz CT molecular complexity index is 657. The zero-order valence-electron chi connectivity index (χ0n) is 12.6. The lowest BCUT2D eigenvalue weighted by atomic mass is 10.1. The zero-order chi connectivity index (χ0) is 16.2. The Labute approximate surface area is 133 Å². The Hall–Kier alpha value is -2.70. The van der Waals surface area contributed by atoms with Gasteiger partial charge < -0.3 is 10.2 Å². The van der Waals surface area contributed by atoms with Crippen molar-refractivity contribution in [2.45, 2.75) is 19.3 Å². The first kappa shape index (κ1) is 15.2. The van der Waals surface area contributed by atoms with Gasteiger partial charge in [-0.2, -0.15) is 5.10 Å². The molecule has 1 saturated heterocycles. The summed E-state index contributed by atoms with van der Waals surface area (Å²) < 4.78 is 0. The number of carbonyl (C=O) groups excluding carboxylic acids is 3. The van der Waals surface area contributed by atoms with E-state index >= 15 is 0 Å². The van der Waals surface area contributed by atoms with Crippen LogP contribution in [0.1, 0.15) is 19.3 Å². The van der Waals surface area contributed by atoms with Gasteiger partial charge >= 0.3 is 0 Å². The van der Waals surface area contributed by atoms with Crippen LogP contribution in [0.2, 0.25) is 0 Å². The molecule has 120 valence electrons. The van der Waals surface area contributed by atoms with E-state index in [4.69, 9.17) is 0 Å². The van der Waals surface area contributed by atoms with Crippen molar-refractivity contribution in [3.05, 3.63) is 30.3 Å². The van der Waals surface area contributed by atoms with E-state index in [0.717, 1.165) is 5.69 Å². The van der Waals surface area contributed by atoms with Gasteiger partial charge in [0.1, 0.15) is 5.71 Å². The van der Waals surface area contributed by atoms with Gasteiger partial charge in [-0.1, -0.05) is 18.2 Å². The highest BCUT2D eigenvalue weighted by molar-refractivity contribution is 6.39. The van der Waals surface area contributed by atoms with Gasteiger partial charge in [0.25, 0.3) is 5.91 Å². The number of hydrogen-bond donors (Lipinski definition) is 2. The second kappa shape index (κ2) is 6.60. The predicted molar refractivity (Wildman–Crippen MR) is 84.7 cm³/mol. The average molecular weight is 314 g/mol. The fourth-order valence-electron chi connectivity index (χ4n) is 2.75. The van der Waals surface area contributed by atoms with Crippen molar-refractivity contribution in [1.29, 1.82) is 0 Å². The maximum atomic E-state index is 12.1. The number of nitrogens with zero attached hydrogens (tertiary/aromatic N) is 2. The molecule has 0 bridgehead atoms. The predicted octanol–water partition coefficient (Wildman–Crippen LogP) is 0.422. The number of carbonyl (C=O) groups is 3. The molecule has 2 heterocycles. The summed E-state index contributed by atoms with van der Waals surface area (Å²) in [5.74, 6) is -0.319. The molecule has 1 atom stereocenters. The summed E-state index contributed by atoms with van der Waals surface area (Å²) in [6.45, 7) is 1.01. The van der Waals surface area contributed by atoms with Crippen LogP contribution in [-0.4, -0.2) is 36.5 Å². The van der Waals surface area contributed by atoms with Gasteiger partial charge in [0.15, 0.2) is 0 Å². The quantitative estimate of drug-likeness (QED) is 0.844. The molecule has 1 fully saturated rings. The number of rotatable bonds is 4. The number of hydrogen-bond acceptors (Lipinski definition) is 4. The van der Waals surface area contributed by atoms with Gasteiger partial charge in [-0.25, -0.2) is 5.43 Å². The maximum absolute atomic E-state index is 12.1. The SMILES string of the molecule is O=C1CCC(C(=O)NCC2CC(=O)N(c3ccccc3)C2)=NN1. The summed E-state index contributed by atoms with van der Waals surface area (Å²) in [7, 11) is 0. The van der Waals surface area contributed by atoms with Crippen molar-refractivity contribution in [3.63, 3.8) is 0 Å². The Morgan fingerprint density at radius 2 is 2.04 bits per heavy atom. The first-order chi connectivity index (χ1) is 11.1. The van der Waals surface area contributed by atoms with E-state index < -0.39 is 0 Å². The second-order valence-electron chi connectivity index (χ2n) is 5.71. The third-order valence-corrected chi connectivity index (χ3v) is 3.99. The molecule has 23 heavy (non-hydrogen) atoms. The molecule has 0 saturated carbocycles. The Kier molecular flexibility index (Phi) is 4.36. The van der Waals surface area contributed by atoms with E-state index in [1.807, 2.05) is 30.3 Å². The van der Waals surface area contributed by atoms with Crippen molar-refractivity contribution in [2.24, 2.45) is 11.0 Å². The summed E-state index contributed by atoms with van der Waals surface area (Å²) in [5.41, 5.74) is 3.51. The molecule has 0 aliphatic carbocycles. The normalized spacial score (nSPS) is 21.0. The molecule has 2 aliphatic heterocycles. The van der Waals surface area contributed by atoms with Crippen LogP contribution in [0.3, 0.4) is 0 Å². The van der Waals surface area contributed by atoms with Crippen LogP contribution in [0, 0.1) is 5.92 Å². The van der Waals surface area contributed by atoms with E-state index in [-0.39, 0.29) is 30.1 Å². The van der Waals surface area contributed by atoms with Crippen molar-refractivity contribution in [2.75, 3.05) is 18.0 Å². The van der Waals surface area contributed by atoms with E-state index in [0.29, 0.717) is 31.6 Å². The molecular weight excluding hydrogens is 296 g/mol. The molecule has 1 aromatic carbocycles. The van der Waals surface area contributed by atoms with E-state index in [9.17, 15) is 14.4 Å². The summed E-state index contributed by atoms with van der Waals surface area (Å²) in [6.07, 6.45) is 1.03. The molecule has 1 aromatic rings. The standard InChI is InChI=1S/C16H18N4O3/c21-14-7-6-13(18-19-14)16(23)17-9-11-8-15(22)20(10-11)12-4-2-1-3-5-12/h1-5,11H,6-10H2,(H,17,23)(H,19,21). The van der Waals surface area contributed by atoms with E-state index in [1.54, 1.807) is 4.90 Å². The van der Waals surface area contributed by atoms with Gasteiger partial charge in [-0.3, -0.25) is 14.4 Å². The highest BCUT2D eigenvalue weighted by atomic mass is 16.2. The number of anilines is 1. The number of nitrogens with one attached hydrogen (secondary N) is 2. The minimum atomic E-state index is -0.282. The number of para-hydroxylation sites is 1. The largest absolute Gasteiger partial charge is 0.351 e. The van der Waals surface area contributed by atoms with Crippen LogP contribution in [0.15, 0.2) is 35.4 Å². The van der Waals surface area contributed by atoms with Gasteiger partial charge in [-0.05, 0) is 12.1 Å². The number of hydrazone groups is 1. The van der Waals surface area contributed by atoms with Gasteiger partial charge in [0, 0.05) is 44.0 Å². The maximum Gasteiger partial charge on any atom is 0.267 e. The molecular formula is C16H18N4O3. The average Bonchev–Trinajstić information content (AvgIpc) is 2.95. The van der Waals surface area contributed by atoms with Crippen molar-refractivity contribution >= 4 is 29.1 Å². The minimum absolute atomic E-state index is 0.0673. The lowest BCUT2D eigenvalue weighted by Gasteiger charge is -2.17. The van der Waals surface area contributed by atoms with Crippen molar-refractivity contribution in [3.8, 4) is 0 Å². The van der Waals surface area contributed by atoms with Crippen LogP contribution >= 0.6 is 0 Å². The topological polar surface area (TPSA) is 90.9 Å².